The highest BCUT2D eigenvalue weighted by molar-refractivity contribution is 5.70. The summed E-state index contributed by atoms with van der Waals surface area (Å²) in [6.07, 6.45) is 0.374. The van der Waals surface area contributed by atoms with Crippen LogP contribution in [0.2, 0.25) is 0 Å². The molecular formula is C18H20O3. The Kier molecular flexibility index (Phi) is 5.38. The normalized spacial score (nSPS) is 11.7. The van der Waals surface area contributed by atoms with Crippen molar-refractivity contribution >= 4 is 5.97 Å². The highest BCUT2D eigenvalue weighted by Gasteiger charge is 2.13. The van der Waals surface area contributed by atoms with Crippen LogP contribution in [0, 0.1) is 0 Å². The van der Waals surface area contributed by atoms with Crippen LogP contribution < -0.4 is 4.74 Å². The van der Waals surface area contributed by atoms with E-state index in [0.29, 0.717) is 6.42 Å². The third kappa shape index (κ3) is 4.35. The molecule has 0 heterocycles. The summed E-state index contributed by atoms with van der Waals surface area (Å²) in [5, 5.41) is 0. The number of benzene rings is 2. The Hall–Kier alpha value is -2.29. The van der Waals surface area contributed by atoms with Crippen LogP contribution in [0.5, 0.6) is 5.75 Å². The van der Waals surface area contributed by atoms with E-state index >= 15 is 0 Å². The number of methoxy groups -OCH3 is 1. The van der Waals surface area contributed by atoms with E-state index in [9.17, 15) is 4.79 Å². The Morgan fingerprint density at radius 3 is 2.43 bits per heavy atom. The van der Waals surface area contributed by atoms with Gasteiger partial charge in [-0.05, 0) is 17.5 Å². The molecular weight excluding hydrogens is 264 g/mol. The quantitative estimate of drug-likeness (QED) is 0.754. The Morgan fingerprint density at radius 1 is 1.05 bits per heavy atom. The van der Waals surface area contributed by atoms with Gasteiger partial charge in [0.05, 0.1) is 13.5 Å². The van der Waals surface area contributed by atoms with Gasteiger partial charge in [0.1, 0.15) is 12.4 Å². The standard InChI is InChI=1S/C18H20O3/c1-14(15-8-4-3-5-9-15)12-18(19)21-13-16-10-6-7-11-17(16)20-2/h3-11,14H,12-13H2,1-2H3. The van der Waals surface area contributed by atoms with E-state index in [1.165, 1.54) is 0 Å². The van der Waals surface area contributed by atoms with Gasteiger partial charge in [-0.2, -0.15) is 0 Å². The summed E-state index contributed by atoms with van der Waals surface area (Å²) in [6.45, 7) is 2.27. The molecule has 110 valence electrons. The Labute approximate surface area is 125 Å². The Morgan fingerprint density at radius 2 is 1.71 bits per heavy atom. The van der Waals surface area contributed by atoms with E-state index in [4.69, 9.17) is 9.47 Å². The molecule has 0 fully saturated rings. The smallest absolute Gasteiger partial charge is 0.306 e. The van der Waals surface area contributed by atoms with Crippen molar-refractivity contribution in [2.45, 2.75) is 25.9 Å². The van der Waals surface area contributed by atoms with Crippen LogP contribution in [0.3, 0.4) is 0 Å². The zero-order chi connectivity index (χ0) is 15.1. The number of para-hydroxylation sites is 1. The van der Waals surface area contributed by atoms with Crippen molar-refractivity contribution in [1.82, 2.24) is 0 Å². The number of hydrogen-bond donors (Lipinski definition) is 0. The number of hydrogen-bond acceptors (Lipinski definition) is 3. The van der Waals surface area contributed by atoms with E-state index in [1.54, 1.807) is 7.11 Å². The maximum absolute atomic E-state index is 11.9. The maximum atomic E-state index is 11.9. The van der Waals surface area contributed by atoms with Crippen LogP contribution in [0.4, 0.5) is 0 Å². The van der Waals surface area contributed by atoms with Crippen molar-refractivity contribution in [2.24, 2.45) is 0 Å². The summed E-state index contributed by atoms with van der Waals surface area (Å²) in [7, 11) is 1.61. The van der Waals surface area contributed by atoms with Gasteiger partial charge in [0.2, 0.25) is 0 Å². The van der Waals surface area contributed by atoms with Crippen molar-refractivity contribution < 1.29 is 14.3 Å². The number of carbonyl (C=O) groups is 1. The molecule has 0 radical (unpaired) electrons. The lowest BCUT2D eigenvalue weighted by Crippen LogP contribution is -2.09. The molecule has 1 atom stereocenters. The van der Waals surface area contributed by atoms with E-state index in [1.807, 2.05) is 61.5 Å². The SMILES string of the molecule is COc1ccccc1COC(=O)CC(C)c1ccccc1. The molecule has 0 aliphatic heterocycles. The first-order valence-electron chi connectivity index (χ1n) is 7.03. The van der Waals surface area contributed by atoms with Crippen molar-refractivity contribution in [3.63, 3.8) is 0 Å². The minimum Gasteiger partial charge on any atom is -0.496 e. The molecule has 0 amide bonds. The predicted octanol–water partition coefficient (Wildman–Crippen LogP) is 3.93. The monoisotopic (exact) mass is 284 g/mol. The number of esters is 1. The van der Waals surface area contributed by atoms with Gasteiger partial charge in [-0.3, -0.25) is 4.79 Å². The second kappa shape index (κ2) is 7.48. The Balaban J connectivity index is 1.88. The van der Waals surface area contributed by atoms with Crippen LogP contribution in [-0.4, -0.2) is 13.1 Å². The molecule has 0 spiro atoms. The van der Waals surface area contributed by atoms with Crippen LogP contribution in [0.1, 0.15) is 30.4 Å². The summed E-state index contributed by atoms with van der Waals surface area (Å²) >= 11 is 0. The van der Waals surface area contributed by atoms with Gasteiger partial charge in [0.25, 0.3) is 0 Å². The number of ether oxygens (including phenoxy) is 2. The first-order chi connectivity index (χ1) is 10.2. The van der Waals surface area contributed by atoms with Gasteiger partial charge in [0.15, 0.2) is 0 Å². The molecule has 0 aromatic heterocycles. The second-order valence-corrected chi connectivity index (χ2v) is 4.99. The van der Waals surface area contributed by atoms with Crippen molar-refractivity contribution in [2.75, 3.05) is 7.11 Å². The number of carbonyl (C=O) groups excluding carboxylic acids is 1. The van der Waals surface area contributed by atoms with Crippen molar-refractivity contribution in [3.8, 4) is 5.75 Å². The molecule has 0 saturated carbocycles. The Bertz CT molecular complexity index is 578. The molecule has 21 heavy (non-hydrogen) atoms. The summed E-state index contributed by atoms with van der Waals surface area (Å²) in [5.41, 5.74) is 2.02. The summed E-state index contributed by atoms with van der Waals surface area (Å²) in [4.78, 5) is 11.9. The van der Waals surface area contributed by atoms with Crippen LogP contribution in [0.15, 0.2) is 54.6 Å². The molecule has 0 aliphatic carbocycles. The molecule has 1 unspecified atom stereocenters. The zero-order valence-corrected chi connectivity index (χ0v) is 12.4. The van der Waals surface area contributed by atoms with Gasteiger partial charge < -0.3 is 9.47 Å². The minimum absolute atomic E-state index is 0.149. The number of rotatable bonds is 6. The summed E-state index contributed by atoms with van der Waals surface area (Å²) in [5.74, 6) is 0.690. The zero-order valence-electron chi connectivity index (χ0n) is 12.4. The summed E-state index contributed by atoms with van der Waals surface area (Å²) < 4.78 is 10.6. The lowest BCUT2D eigenvalue weighted by atomic mass is 9.98. The molecule has 2 aromatic rings. The molecule has 3 nitrogen and oxygen atoms in total. The van der Waals surface area contributed by atoms with E-state index in [0.717, 1.165) is 16.9 Å². The molecule has 3 heteroatoms. The van der Waals surface area contributed by atoms with Gasteiger partial charge in [0, 0.05) is 5.56 Å². The van der Waals surface area contributed by atoms with Crippen molar-refractivity contribution in [1.29, 1.82) is 0 Å². The van der Waals surface area contributed by atoms with E-state index in [-0.39, 0.29) is 18.5 Å². The topological polar surface area (TPSA) is 35.5 Å². The van der Waals surface area contributed by atoms with Gasteiger partial charge in [-0.1, -0.05) is 55.5 Å². The molecule has 2 rings (SSSR count). The van der Waals surface area contributed by atoms with Crippen molar-refractivity contribution in [3.05, 3.63) is 65.7 Å². The van der Waals surface area contributed by atoms with E-state index in [2.05, 4.69) is 0 Å². The third-order valence-corrected chi connectivity index (χ3v) is 3.42. The molecule has 0 saturated heterocycles. The van der Waals surface area contributed by atoms with Crippen LogP contribution in [-0.2, 0) is 16.1 Å². The fraction of sp³-hybridized carbons (Fsp3) is 0.278. The average Bonchev–Trinajstić information content (AvgIpc) is 2.54. The first kappa shape index (κ1) is 15.1. The second-order valence-electron chi connectivity index (χ2n) is 4.99. The summed E-state index contributed by atoms with van der Waals surface area (Å²) in [6, 6.07) is 17.5. The van der Waals surface area contributed by atoms with Gasteiger partial charge in [-0.15, -0.1) is 0 Å². The lowest BCUT2D eigenvalue weighted by Gasteiger charge is -2.12. The van der Waals surface area contributed by atoms with Gasteiger partial charge >= 0.3 is 5.97 Å². The molecule has 0 N–H and O–H groups in total. The van der Waals surface area contributed by atoms with E-state index < -0.39 is 0 Å². The third-order valence-electron chi connectivity index (χ3n) is 3.42. The molecule has 0 bridgehead atoms. The average molecular weight is 284 g/mol. The van der Waals surface area contributed by atoms with Gasteiger partial charge in [-0.25, -0.2) is 0 Å². The predicted molar refractivity (Wildman–Crippen MR) is 82.3 cm³/mol. The molecule has 0 aliphatic rings. The largest absolute Gasteiger partial charge is 0.496 e. The highest BCUT2D eigenvalue weighted by Crippen LogP contribution is 2.21. The van der Waals surface area contributed by atoms with Crippen LogP contribution in [0.25, 0.3) is 0 Å². The maximum Gasteiger partial charge on any atom is 0.306 e. The fourth-order valence-electron chi connectivity index (χ4n) is 2.19. The first-order valence-corrected chi connectivity index (χ1v) is 7.03. The van der Waals surface area contributed by atoms with Crippen LogP contribution >= 0.6 is 0 Å². The fourth-order valence-corrected chi connectivity index (χ4v) is 2.19. The lowest BCUT2D eigenvalue weighted by molar-refractivity contribution is -0.145. The minimum atomic E-state index is -0.197. The highest BCUT2D eigenvalue weighted by atomic mass is 16.5. The molecule has 2 aromatic carbocycles.